The number of hydrogen-bond acceptors (Lipinski definition) is 4. The van der Waals surface area contributed by atoms with E-state index in [0.717, 1.165) is 17.9 Å². The Kier molecular flexibility index (Phi) is 3.86. The molecule has 1 aliphatic heterocycles. The summed E-state index contributed by atoms with van der Waals surface area (Å²) in [6, 6.07) is 6.41. The third-order valence-corrected chi connectivity index (χ3v) is 3.19. The van der Waals surface area contributed by atoms with Gasteiger partial charge in [0.2, 0.25) is 6.79 Å². The van der Waals surface area contributed by atoms with Gasteiger partial charge in [0.1, 0.15) is 0 Å². The van der Waals surface area contributed by atoms with Crippen LogP contribution in [0.1, 0.15) is 24.9 Å². The lowest BCUT2D eigenvalue weighted by molar-refractivity contribution is 0.174. The molecule has 0 fully saturated rings. The molecule has 0 bridgehead atoms. The van der Waals surface area contributed by atoms with Crippen molar-refractivity contribution in [1.29, 1.82) is 0 Å². The summed E-state index contributed by atoms with van der Waals surface area (Å²) in [6.45, 7) is 3.20. The van der Waals surface area contributed by atoms with Gasteiger partial charge in [-0.3, -0.25) is 0 Å². The zero-order valence-corrected chi connectivity index (χ0v) is 10.4. The van der Waals surface area contributed by atoms with E-state index in [4.69, 9.17) is 15.2 Å². The standard InChI is InChI=1S/C13H20N2O2/c1-9(7-14)5-11(15-2)10-3-4-12-13(6-10)17-8-16-12/h3-4,6,9,11,15H,5,7-8,14H2,1-2H3. The van der Waals surface area contributed by atoms with Crippen molar-refractivity contribution in [3.05, 3.63) is 23.8 Å². The zero-order valence-electron chi connectivity index (χ0n) is 10.4. The average Bonchev–Trinajstić information content (AvgIpc) is 2.82. The maximum atomic E-state index is 5.67. The van der Waals surface area contributed by atoms with Crippen LogP contribution in [0.15, 0.2) is 18.2 Å². The first-order chi connectivity index (χ1) is 8.24. The molecule has 0 aliphatic carbocycles. The second-order valence-corrected chi connectivity index (χ2v) is 4.53. The van der Waals surface area contributed by atoms with E-state index < -0.39 is 0 Å². The number of hydrogen-bond donors (Lipinski definition) is 2. The first-order valence-corrected chi connectivity index (χ1v) is 6.01. The SMILES string of the molecule is CNC(CC(C)CN)c1ccc2c(c1)OCO2. The van der Waals surface area contributed by atoms with Gasteiger partial charge in [-0.15, -0.1) is 0 Å². The van der Waals surface area contributed by atoms with Crippen LogP contribution < -0.4 is 20.5 Å². The van der Waals surface area contributed by atoms with Crippen LogP contribution >= 0.6 is 0 Å². The first-order valence-electron chi connectivity index (χ1n) is 6.01. The molecule has 0 aromatic heterocycles. The molecular formula is C13H20N2O2. The largest absolute Gasteiger partial charge is 0.454 e. The summed E-state index contributed by atoms with van der Waals surface area (Å²) in [5.41, 5.74) is 6.89. The van der Waals surface area contributed by atoms with Crippen LogP contribution in [0.5, 0.6) is 11.5 Å². The number of fused-ring (bicyclic) bond motifs is 1. The van der Waals surface area contributed by atoms with E-state index in [1.807, 2.05) is 19.2 Å². The molecule has 4 nitrogen and oxygen atoms in total. The minimum atomic E-state index is 0.308. The number of rotatable bonds is 5. The highest BCUT2D eigenvalue weighted by atomic mass is 16.7. The molecule has 3 N–H and O–H groups in total. The van der Waals surface area contributed by atoms with E-state index in [2.05, 4.69) is 18.3 Å². The summed E-state index contributed by atoms with van der Waals surface area (Å²) in [5.74, 6) is 2.16. The van der Waals surface area contributed by atoms with E-state index >= 15 is 0 Å². The van der Waals surface area contributed by atoms with Crippen LogP contribution in [0, 0.1) is 5.92 Å². The summed E-state index contributed by atoms with van der Waals surface area (Å²) >= 11 is 0. The molecule has 1 aromatic carbocycles. The normalized spacial score (nSPS) is 16.9. The highest BCUT2D eigenvalue weighted by molar-refractivity contribution is 5.45. The van der Waals surface area contributed by atoms with Crippen LogP contribution in [0.4, 0.5) is 0 Å². The van der Waals surface area contributed by atoms with Gasteiger partial charge in [-0.05, 0) is 43.6 Å². The smallest absolute Gasteiger partial charge is 0.231 e. The van der Waals surface area contributed by atoms with E-state index in [-0.39, 0.29) is 0 Å². The van der Waals surface area contributed by atoms with Gasteiger partial charge in [0.05, 0.1) is 0 Å². The fourth-order valence-corrected chi connectivity index (χ4v) is 2.05. The number of ether oxygens (including phenoxy) is 2. The Hall–Kier alpha value is -1.26. The lowest BCUT2D eigenvalue weighted by Gasteiger charge is -2.20. The van der Waals surface area contributed by atoms with Gasteiger partial charge in [0, 0.05) is 6.04 Å². The Balaban J connectivity index is 2.14. The van der Waals surface area contributed by atoms with Crippen LogP contribution in [-0.2, 0) is 0 Å². The van der Waals surface area contributed by atoms with Crippen molar-refractivity contribution in [2.45, 2.75) is 19.4 Å². The first kappa shape index (κ1) is 12.2. The predicted molar refractivity (Wildman–Crippen MR) is 67.2 cm³/mol. The van der Waals surface area contributed by atoms with Gasteiger partial charge in [0.25, 0.3) is 0 Å². The number of nitrogens with two attached hydrogens (primary N) is 1. The van der Waals surface area contributed by atoms with E-state index in [0.29, 0.717) is 25.3 Å². The predicted octanol–water partition coefficient (Wildman–Crippen LogP) is 1.66. The molecule has 0 radical (unpaired) electrons. The Morgan fingerprint density at radius 3 is 2.82 bits per heavy atom. The van der Waals surface area contributed by atoms with Crippen LogP contribution in [0.25, 0.3) is 0 Å². The molecule has 2 unspecified atom stereocenters. The van der Waals surface area contributed by atoms with Crippen LogP contribution in [0.2, 0.25) is 0 Å². The summed E-state index contributed by atoms with van der Waals surface area (Å²) < 4.78 is 10.7. The fourth-order valence-electron chi connectivity index (χ4n) is 2.05. The topological polar surface area (TPSA) is 56.5 Å². The van der Waals surface area contributed by atoms with Gasteiger partial charge in [0.15, 0.2) is 11.5 Å². The van der Waals surface area contributed by atoms with Gasteiger partial charge >= 0.3 is 0 Å². The van der Waals surface area contributed by atoms with E-state index in [9.17, 15) is 0 Å². The van der Waals surface area contributed by atoms with Crippen molar-refractivity contribution in [3.8, 4) is 11.5 Å². The monoisotopic (exact) mass is 236 g/mol. The Morgan fingerprint density at radius 1 is 1.35 bits per heavy atom. The molecule has 4 heteroatoms. The van der Waals surface area contributed by atoms with Crippen molar-refractivity contribution in [1.82, 2.24) is 5.32 Å². The summed E-state index contributed by atoms with van der Waals surface area (Å²) in [7, 11) is 1.97. The minimum Gasteiger partial charge on any atom is -0.454 e. The highest BCUT2D eigenvalue weighted by Gasteiger charge is 2.18. The highest BCUT2D eigenvalue weighted by Crippen LogP contribution is 2.35. The average molecular weight is 236 g/mol. The lowest BCUT2D eigenvalue weighted by atomic mass is 9.96. The second kappa shape index (κ2) is 5.38. The molecule has 2 rings (SSSR count). The zero-order chi connectivity index (χ0) is 12.3. The third-order valence-electron chi connectivity index (χ3n) is 3.19. The molecular weight excluding hydrogens is 216 g/mol. The number of nitrogens with one attached hydrogen (secondary N) is 1. The van der Waals surface area contributed by atoms with Gasteiger partial charge in [-0.2, -0.15) is 0 Å². The van der Waals surface area contributed by atoms with Crippen molar-refractivity contribution in [3.63, 3.8) is 0 Å². The Labute approximate surface area is 102 Å². The van der Waals surface area contributed by atoms with E-state index in [1.165, 1.54) is 5.56 Å². The van der Waals surface area contributed by atoms with Gasteiger partial charge in [-0.1, -0.05) is 13.0 Å². The molecule has 0 saturated carbocycles. The van der Waals surface area contributed by atoms with Crippen molar-refractivity contribution in [2.24, 2.45) is 11.7 Å². The van der Waals surface area contributed by atoms with E-state index in [1.54, 1.807) is 0 Å². The molecule has 1 heterocycles. The summed E-state index contributed by atoms with van der Waals surface area (Å²) in [6.07, 6.45) is 1.02. The molecule has 17 heavy (non-hydrogen) atoms. The van der Waals surface area contributed by atoms with Crippen molar-refractivity contribution in [2.75, 3.05) is 20.4 Å². The summed E-state index contributed by atoms with van der Waals surface area (Å²) in [5, 5.41) is 3.32. The second-order valence-electron chi connectivity index (χ2n) is 4.53. The third kappa shape index (κ3) is 2.70. The van der Waals surface area contributed by atoms with Crippen LogP contribution in [0.3, 0.4) is 0 Å². The van der Waals surface area contributed by atoms with Crippen LogP contribution in [-0.4, -0.2) is 20.4 Å². The van der Waals surface area contributed by atoms with Gasteiger partial charge < -0.3 is 20.5 Å². The number of benzene rings is 1. The fraction of sp³-hybridized carbons (Fsp3) is 0.538. The molecule has 0 spiro atoms. The maximum Gasteiger partial charge on any atom is 0.231 e. The van der Waals surface area contributed by atoms with Gasteiger partial charge in [-0.25, -0.2) is 0 Å². The molecule has 1 aromatic rings. The molecule has 1 aliphatic rings. The molecule has 0 saturated heterocycles. The lowest BCUT2D eigenvalue weighted by Crippen LogP contribution is -2.22. The Morgan fingerprint density at radius 2 is 2.12 bits per heavy atom. The Bertz CT molecular complexity index is 382. The molecule has 0 amide bonds. The van der Waals surface area contributed by atoms with Crippen molar-refractivity contribution >= 4 is 0 Å². The minimum absolute atomic E-state index is 0.308. The quantitative estimate of drug-likeness (QED) is 0.816. The molecule has 2 atom stereocenters. The maximum absolute atomic E-state index is 5.67. The van der Waals surface area contributed by atoms with Crippen molar-refractivity contribution < 1.29 is 9.47 Å². The summed E-state index contributed by atoms with van der Waals surface area (Å²) in [4.78, 5) is 0. The molecule has 94 valence electrons.